The number of rotatable bonds is 3. The molecule has 1 atom stereocenters. The lowest BCUT2D eigenvalue weighted by molar-refractivity contribution is -0.143. The van der Waals surface area contributed by atoms with Gasteiger partial charge in [-0.05, 0) is 57.9 Å². The Bertz CT molecular complexity index is 246. The van der Waals surface area contributed by atoms with Crippen molar-refractivity contribution in [3.8, 4) is 0 Å². The van der Waals surface area contributed by atoms with Gasteiger partial charge in [0.05, 0.1) is 5.92 Å². The molecule has 3 heteroatoms. The molecule has 16 heavy (non-hydrogen) atoms. The van der Waals surface area contributed by atoms with E-state index in [4.69, 9.17) is 5.11 Å². The third-order valence-corrected chi connectivity index (χ3v) is 4.38. The van der Waals surface area contributed by atoms with Gasteiger partial charge in [0.25, 0.3) is 0 Å². The van der Waals surface area contributed by atoms with Crippen molar-refractivity contribution < 1.29 is 9.90 Å². The third-order valence-electron chi connectivity index (χ3n) is 4.38. The van der Waals surface area contributed by atoms with Crippen molar-refractivity contribution in [3.05, 3.63) is 0 Å². The molecule has 1 unspecified atom stereocenters. The number of aliphatic carboxylic acids is 1. The fourth-order valence-electron chi connectivity index (χ4n) is 3.19. The van der Waals surface area contributed by atoms with Gasteiger partial charge in [-0.2, -0.15) is 0 Å². The predicted molar refractivity (Wildman–Crippen MR) is 63.4 cm³/mol. The molecule has 0 spiro atoms. The fourth-order valence-corrected chi connectivity index (χ4v) is 3.19. The molecule has 1 saturated heterocycles. The summed E-state index contributed by atoms with van der Waals surface area (Å²) in [7, 11) is 0. The topological polar surface area (TPSA) is 40.5 Å². The number of hydrogen-bond donors (Lipinski definition) is 1. The van der Waals surface area contributed by atoms with E-state index in [1.54, 1.807) is 0 Å². The Labute approximate surface area is 97.8 Å². The lowest BCUT2D eigenvalue weighted by Gasteiger charge is -2.31. The Morgan fingerprint density at radius 1 is 1.25 bits per heavy atom. The highest BCUT2D eigenvalue weighted by Gasteiger charge is 2.29. The van der Waals surface area contributed by atoms with Crippen molar-refractivity contribution in [2.45, 2.75) is 51.5 Å². The van der Waals surface area contributed by atoms with Gasteiger partial charge in [0.15, 0.2) is 0 Å². The van der Waals surface area contributed by atoms with Crippen molar-refractivity contribution in [2.75, 3.05) is 13.1 Å². The predicted octanol–water partition coefficient (Wildman–Crippen LogP) is 2.36. The van der Waals surface area contributed by atoms with Gasteiger partial charge in [-0.1, -0.05) is 0 Å². The average molecular weight is 225 g/mol. The van der Waals surface area contributed by atoms with E-state index in [2.05, 4.69) is 11.8 Å². The second-order valence-electron chi connectivity index (χ2n) is 5.54. The lowest BCUT2D eigenvalue weighted by Crippen LogP contribution is -2.34. The third kappa shape index (κ3) is 2.76. The van der Waals surface area contributed by atoms with Gasteiger partial charge in [-0.25, -0.2) is 0 Å². The molecule has 0 radical (unpaired) electrons. The molecule has 0 amide bonds. The fraction of sp³-hybridized carbons (Fsp3) is 0.923. The first-order chi connectivity index (χ1) is 7.66. The van der Waals surface area contributed by atoms with E-state index in [-0.39, 0.29) is 5.92 Å². The highest BCUT2D eigenvalue weighted by Crippen LogP contribution is 2.31. The Hall–Kier alpha value is -0.570. The standard InChI is InChI=1S/C13H23NO2/c1-10-3-2-8-14(10)9-11-4-6-12(7-5-11)13(15)16/h10-12H,2-9H2,1H3,(H,15,16). The second kappa shape index (κ2) is 5.17. The smallest absolute Gasteiger partial charge is 0.306 e. The molecule has 92 valence electrons. The summed E-state index contributed by atoms with van der Waals surface area (Å²) in [5, 5.41) is 8.94. The summed E-state index contributed by atoms with van der Waals surface area (Å²) in [5.74, 6) is 0.0939. The quantitative estimate of drug-likeness (QED) is 0.801. The van der Waals surface area contributed by atoms with Crippen LogP contribution in [-0.4, -0.2) is 35.1 Å². The molecular formula is C13H23NO2. The van der Waals surface area contributed by atoms with Gasteiger partial charge in [-0.15, -0.1) is 0 Å². The van der Waals surface area contributed by atoms with Crippen LogP contribution >= 0.6 is 0 Å². The number of carboxylic acids is 1. The van der Waals surface area contributed by atoms with E-state index in [1.165, 1.54) is 25.9 Å². The zero-order chi connectivity index (χ0) is 11.5. The minimum atomic E-state index is -0.590. The van der Waals surface area contributed by atoms with Gasteiger partial charge in [0.2, 0.25) is 0 Å². The number of likely N-dealkylation sites (tertiary alicyclic amines) is 1. The molecule has 3 nitrogen and oxygen atoms in total. The van der Waals surface area contributed by atoms with Crippen LogP contribution in [-0.2, 0) is 4.79 Å². The van der Waals surface area contributed by atoms with Gasteiger partial charge < -0.3 is 10.0 Å². The summed E-state index contributed by atoms with van der Waals surface area (Å²) in [6.07, 6.45) is 6.68. The molecule has 1 saturated carbocycles. The second-order valence-corrected chi connectivity index (χ2v) is 5.54. The monoisotopic (exact) mass is 225 g/mol. The van der Waals surface area contributed by atoms with E-state index in [1.807, 2.05) is 0 Å². The van der Waals surface area contributed by atoms with Gasteiger partial charge in [0.1, 0.15) is 0 Å². The normalized spacial score (nSPS) is 36.4. The van der Waals surface area contributed by atoms with Gasteiger partial charge in [0, 0.05) is 12.6 Å². The molecule has 2 fully saturated rings. The summed E-state index contributed by atoms with van der Waals surface area (Å²) in [4.78, 5) is 13.4. The molecule has 0 aromatic carbocycles. The van der Waals surface area contributed by atoms with E-state index in [9.17, 15) is 4.79 Å². The number of carbonyl (C=O) groups is 1. The maximum atomic E-state index is 10.8. The highest BCUT2D eigenvalue weighted by molar-refractivity contribution is 5.69. The Balaban J connectivity index is 1.74. The summed E-state index contributed by atoms with van der Waals surface area (Å²) < 4.78 is 0. The highest BCUT2D eigenvalue weighted by atomic mass is 16.4. The molecule has 0 aromatic rings. The van der Waals surface area contributed by atoms with Crippen LogP contribution in [0.15, 0.2) is 0 Å². The maximum absolute atomic E-state index is 10.8. The zero-order valence-corrected chi connectivity index (χ0v) is 10.2. The average Bonchev–Trinajstić information content (AvgIpc) is 2.65. The van der Waals surface area contributed by atoms with E-state index >= 15 is 0 Å². The first-order valence-electron chi connectivity index (χ1n) is 6.63. The van der Waals surface area contributed by atoms with Crippen molar-refractivity contribution >= 4 is 5.97 Å². The molecule has 1 heterocycles. The van der Waals surface area contributed by atoms with Crippen LogP contribution in [0, 0.1) is 11.8 Å². The summed E-state index contributed by atoms with van der Waals surface area (Å²) >= 11 is 0. The largest absolute Gasteiger partial charge is 0.481 e. The molecular weight excluding hydrogens is 202 g/mol. The van der Waals surface area contributed by atoms with E-state index < -0.39 is 5.97 Å². The molecule has 0 bridgehead atoms. The molecule has 1 aliphatic heterocycles. The Kier molecular flexibility index (Phi) is 3.85. The van der Waals surface area contributed by atoms with E-state index in [0.29, 0.717) is 0 Å². The molecule has 0 aromatic heterocycles. The molecule has 2 aliphatic rings. The number of hydrogen-bond acceptors (Lipinski definition) is 2. The summed E-state index contributed by atoms with van der Waals surface area (Å²) in [6, 6.07) is 0.747. The first kappa shape index (κ1) is 11.9. The number of nitrogens with zero attached hydrogens (tertiary/aromatic N) is 1. The summed E-state index contributed by atoms with van der Waals surface area (Å²) in [5.41, 5.74) is 0. The molecule has 1 N–H and O–H groups in total. The van der Waals surface area contributed by atoms with Crippen LogP contribution in [0.1, 0.15) is 45.4 Å². The minimum Gasteiger partial charge on any atom is -0.481 e. The molecule has 2 rings (SSSR count). The SMILES string of the molecule is CC1CCCN1CC1CCC(C(=O)O)CC1. The number of carboxylic acid groups (broad SMARTS) is 1. The van der Waals surface area contributed by atoms with Crippen molar-refractivity contribution in [3.63, 3.8) is 0 Å². The van der Waals surface area contributed by atoms with Crippen LogP contribution in [0.2, 0.25) is 0 Å². The maximum Gasteiger partial charge on any atom is 0.306 e. The van der Waals surface area contributed by atoms with Crippen LogP contribution in [0.3, 0.4) is 0 Å². The van der Waals surface area contributed by atoms with Crippen LogP contribution in [0.4, 0.5) is 0 Å². The summed E-state index contributed by atoms with van der Waals surface area (Å²) in [6.45, 7) is 4.77. The van der Waals surface area contributed by atoms with Gasteiger partial charge in [-0.3, -0.25) is 4.79 Å². The van der Waals surface area contributed by atoms with Crippen molar-refractivity contribution in [2.24, 2.45) is 11.8 Å². The van der Waals surface area contributed by atoms with Gasteiger partial charge >= 0.3 is 5.97 Å². The Morgan fingerprint density at radius 3 is 2.44 bits per heavy atom. The van der Waals surface area contributed by atoms with Crippen LogP contribution in [0.5, 0.6) is 0 Å². The first-order valence-corrected chi connectivity index (χ1v) is 6.63. The van der Waals surface area contributed by atoms with Crippen molar-refractivity contribution in [1.29, 1.82) is 0 Å². The van der Waals surface area contributed by atoms with E-state index in [0.717, 1.165) is 37.6 Å². The molecule has 1 aliphatic carbocycles. The van der Waals surface area contributed by atoms with Crippen LogP contribution in [0.25, 0.3) is 0 Å². The Morgan fingerprint density at radius 2 is 1.94 bits per heavy atom. The zero-order valence-electron chi connectivity index (χ0n) is 10.2. The van der Waals surface area contributed by atoms with Crippen LogP contribution < -0.4 is 0 Å². The lowest BCUT2D eigenvalue weighted by atomic mass is 9.82. The minimum absolute atomic E-state index is 0.0627. The van der Waals surface area contributed by atoms with Crippen molar-refractivity contribution in [1.82, 2.24) is 4.90 Å².